The van der Waals surface area contributed by atoms with Crippen molar-refractivity contribution in [1.29, 1.82) is 0 Å². The number of aromatic nitrogens is 5. The minimum atomic E-state index is -4.60. The number of ether oxygens (including phenoxy) is 1. The maximum absolute atomic E-state index is 13.6. The average Bonchev–Trinajstić information content (AvgIpc) is 3.78. The lowest BCUT2D eigenvalue weighted by molar-refractivity contribution is -0.137. The minimum Gasteiger partial charge on any atom is -0.492 e. The monoisotopic (exact) mass is 900 g/mol. The first-order valence-corrected chi connectivity index (χ1v) is 21.7. The molecule has 340 valence electrons. The van der Waals surface area contributed by atoms with Gasteiger partial charge in [-0.25, -0.2) is 15.0 Å². The maximum atomic E-state index is 13.6. The summed E-state index contributed by atoms with van der Waals surface area (Å²) in [6.07, 6.45) is 4.35. The molecule has 8 aromatic rings. The number of carbonyl (C=O) groups is 1. The van der Waals surface area contributed by atoms with Gasteiger partial charge in [0.25, 0.3) is 5.91 Å². The number of imidazole rings is 1. The summed E-state index contributed by atoms with van der Waals surface area (Å²) in [4.78, 5) is 32.2. The van der Waals surface area contributed by atoms with Gasteiger partial charge in [-0.15, -0.1) is 0 Å². The number of aryl methyl sites for hydroxylation is 2. The molecule has 3 heterocycles. The van der Waals surface area contributed by atoms with Crippen LogP contribution in [0.4, 0.5) is 30.5 Å². The summed E-state index contributed by atoms with van der Waals surface area (Å²) in [5.41, 5.74) is 9.46. The third-order valence-corrected chi connectivity index (χ3v) is 10.7. The number of pyridine rings is 1. The lowest BCUT2D eigenvalue weighted by atomic mass is 9.88. The van der Waals surface area contributed by atoms with Gasteiger partial charge < -0.3 is 24.8 Å². The van der Waals surface area contributed by atoms with Gasteiger partial charge in [0.2, 0.25) is 5.95 Å². The molecule has 0 radical (unpaired) electrons. The lowest BCUT2D eigenvalue weighted by Gasteiger charge is -2.17. The first-order valence-electron chi connectivity index (χ1n) is 21.7. The number of carbonyl (C=O) groups excluding carboxylic acids is 1. The van der Waals surface area contributed by atoms with Gasteiger partial charge in [0.1, 0.15) is 12.4 Å². The second-order valence-electron chi connectivity index (χ2n) is 15.9. The number of halogens is 3. The highest BCUT2D eigenvalue weighted by Crippen LogP contribution is 2.36. The van der Waals surface area contributed by atoms with Crippen LogP contribution in [0.2, 0.25) is 0 Å². The van der Waals surface area contributed by atoms with Crippen LogP contribution in [0.25, 0.3) is 28.1 Å². The number of likely N-dealkylation sites (N-methyl/N-ethyl adjacent to an activating group) is 1. The third kappa shape index (κ3) is 12.7. The third-order valence-electron chi connectivity index (χ3n) is 10.7. The number of rotatable bonds is 14. The van der Waals surface area contributed by atoms with Gasteiger partial charge in [-0.05, 0) is 128 Å². The number of anilines is 3. The smallest absolute Gasteiger partial charge is 0.416 e. The molecule has 2 N–H and O–H groups in total. The van der Waals surface area contributed by atoms with Crippen molar-refractivity contribution in [3.8, 4) is 22.7 Å². The fourth-order valence-corrected chi connectivity index (χ4v) is 7.22. The van der Waals surface area contributed by atoms with Gasteiger partial charge in [-0.2, -0.15) is 13.2 Å². The molecule has 1 amide bonds. The molecule has 0 unspecified atom stereocenters. The SMILES string of the molecule is CC/C(=C(\c1ccccc1)c1ccc(OCCN(C)C)cc1)c1ccccc1.Cc1cn(-c2cc(NC(=O)c3ccc(C)c(Nc4nccc(-c5cccnc5)n4)c3)cc(C(F)(F)F)c2)cn1. The molecule has 67 heavy (non-hydrogen) atoms. The molecule has 0 aliphatic heterocycles. The molecular weight excluding hydrogens is 850 g/mol. The van der Waals surface area contributed by atoms with Gasteiger partial charge in [0, 0.05) is 59.5 Å². The Balaban J connectivity index is 0.000000210. The number of nitrogens with one attached hydrogen (secondary N) is 2. The number of hydrogen-bond donors (Lipinski definition) is 2. The van der Waals surface area contributed by atoms with Crippen LogP contribution in [0.1, 0.15) is 57.2 Å². The second-order valence-corrected chi connectivity index (χ2v) is 15.9. The predicted octanol–water partition coefficient (Wildman–Crippen LogP) is 12.4. The molecule has 0 saturated heterocycles. The second kappa shape index (κ2) is 21.9. The zero-order chi connectivity index (χ0) is 47.3. The zero-order valence-electron chi connectivity index (χ0n) is 37.9. The Bertz CT molecular complexity index is 2920. The molecule has 10 nitrogen and oxygen atoms in total. The number of alkyl halides is 3. The summed E-state index contributed by atoms with van der Waals surface area (Å²) in [7, 11) is 4.11. The zero-order valence-corrected chi connectivity index (χ0v) is 37.9. The van der Waals surface area contributed by atoms with Crippen molar-refractivity contribution in [2.75, 3.05) is 37.9 Å². The fourth-order valence-electron chi connectivity index (χ4n) is 7.22. The summed E-state index contributed by atoms with van der Waals surface area (Å²) in [6.45, 7) is 7.41. The number of hydrogen-bond acceptors (Lipinski definition) is 8. The maximum Gasteiger partial charge on any atom is 0.416 e. The van der Waals surface area contributed by atoms with E-state index >= 15 is 0 Å². The molecule has 0 atom stereocenters. The van der Waals surface area contributed by atoms with Gasteiger partial charge >= 0.3 is 6.18 Å². The van der Waals surface area contributed by atoms with Gasteiger partial charge in [-0.3, -0.25) is 9.78 Å². The van der Waals surface area contributed by atoms with Crippen LogP contribution in [-0.2, 0) is 6.18 Å². The predicted molar refractivity (Wildman–Crippen MR) is 261 cm³/mol. The number of benzene rings is 5. The van der Waals surface area contributed by atoms with E-state index < -0.39 is 17.6 Å². The standard InChI is InChI=1S/C28H22F3N7O.C26H29NO/c1-17-5-6-19(10-25(17)37-27-33-9-7-24(36-27)20-4-3-8-32-14-20)26(39)35-22-11-21(28(29,30)31)12-23(13-22)38-15-18(2)34-16-38;1-4-25(21-11-7-5-8-12-21)26(22-13-9-6-10-14-22)23-15-17-24(18-16-23)28-20-19-27(2)3/h3-16H,1-2H3,(H,35,39)(H,33,36,37);5-18H,4,19-20H2,1-3H3/b;26-25-. The van der Waals surface area contributed by atoms with Gasteiger partial charge in [0.15, 0.2) is 0 Å². The van der Waals surface area contributed by atoms with E-state index in [4.69, 9.17) is 4.74 Å². The van der Waals surface area contributed by atoms with E-state index in [0.29, 0.717) is 29.6 Å². The Morgan fingerprint density at radius 3 is 2.10 bits per heavy atom. The summed E-state index contributed by atoms with van der Waals surface area (Å²) < 4.78 is 48.2. The molecule has 13 heteroatoms. The normalized spacial score (nSPS) is 11.6. The largest absolute Gasteiger partial charge is 0.492 e. The molecule has 0 fully saturated rings. The molecule has 8 rings (SSSR count). The van der Waals surface area contributed by atoms with E-state index in [1.165, 1.54) is 44.8 Å². The topological polar surface area (TPSA) is 110 Å². The first-order chi connectivity index (χ1) is 32.3. The van der Waals surface area contributed by atoms with Crippen LogP contribution in [0.3, 0.4) is 0 Å². The number of allylic oxidation sites excluding steroid dienone is 1. The van der Waals surface area contributed by atoms with Crippen molar-refractivity contribution in [3.63, 3.8) is 0 Å². The Morgan fingerprint density at radius 1 is 0.761 bits per heavy atom. The van der Waals surface area contributed by atoms with Gasteiger partial charge in [-0.1, -0.05) is 85.8 Å². The van der Waals surface area contributed by atoms with E-state index in [1.54, 1.807) is 62.0 Å². The summed E-state index contributed by atoms with van der Waals surface area (Å²) in [5, 5.41) is 5.71. The Hall–Kier alpha value is -7.90. The molecule has 0 bridgehead atoms. The Kier molecular flexibility index (Phi) is 15.4. The van der Waals surface area contributed by atoms with Crippen LogP contribution >= 0.6 is 0 Å². The summed E-state index contributed by atoms with van der Waals surface area (Å²) >= 11 is 0. The molecule has 5 aromatic carbocycles. The van der Waals surface area contributed by atoms with Crippen molar-refractivity contribution < 1.29 is 22.7 Å². The van der Waals surface area contributed by atoms with Crippen molar-refractivity contribution in [3.05, 3.63) is 210 Å². The fraction of sp³-hybridized carbons (Fsp3) is 0.167. The molecule has 0 saturated carbocycles. The van der Waals surface area contributed by atoms with E-state index in [-0.39, 0.29) is 16.9 Å². The van der Waals surface area contributed by atoms with Crippen LogP contribution in [-0.4, -0.2) is 62.6 Å². The highest BCUT2D eigenvalue weighted by atomic mass is 19.4. The van der Waals surface area contributed by atoms with Crippen molar-refractivity contribution >= 4 is 34.4 Å². The van der Waals surface area contributed by atoms with Crippen molar-refractivity contribution in [2.45, 2.75) is 33.4 Å². The Morgan fingerprint density at radius 2 is 1.46 bits per heavy atom. The summed E-state index contributed by atoms with van der Waals surface area (Å²) in [6, 6.07) is 43.5. The first kappa shape index (κ1) is 47.1. The molecule has 0 aliphatic rings. The Labute approximate surface area is 388 Å². The molecule has 0 aliphatic carbocycles. The number of nitrogens with zero attached hydrogens (tertiary/aromatic N) is 6. The average molecular weight is 901 g/mol. The van der Waals surface area contributed by atoms with Crippen LogP contribution < -0.4 is 15.4 Å². The minimum absolute atomic E-state index is 0.00114. The highest BCUT2D eigenvalue weighted by Gasteiger charge is 2.31. The lowest BCUT2D eigenvalue weighted by Crippen LogP contribution is -2.19. The van der Waals surface area contributed by atoms with Crippen molar-refractivity contribution in [1.82, 2.24) is 29.4 Å². The van der Waals surface area contributed by atoms with E-state index in [9.17, 15) is 18.0 Å². The molecule has 0 spiro atoms. The van der Waals surface area contributed by atoms with Crippen LogP contribution in [0.5, 0.6) is 5.75 Å². The van der Waals surface area contributed by atoms with Crippen LogP contribution in [0.15, 0.2) is 171 Å². The van der Waals surface area contributed by atoms with E-state index in [2.05, 4.69) is 141 Å². The molecular formula is C54H51F3N8O2. The van der Waals surface area contributed by atoms with Gasteiger partial charge in [0.05, 0.1) is 23.3 Å². The summed E-state index contributed by atoms with van der Waals surface area (Å²) in [5.74, 6) is 0.654. The van der Waals surface area contributed by atoms with Crippen LogP contribution in [0, 0.1) is 13.8 Å². The highest BCUT2D eigenvalue weighted by molar-refractivity contribution is 6.05. The number of amides is 1. The molecule has 3 aromatic heterocycles. The quantitative estimate of drug-likeness (QED) is 0.104. The van der Waals surface area contributed by atoms with Crippen molar-refractivity contribution in [2.24, 2.45) is 0 Å². The van der Waals surface area contributed by atoms with E-state index in [1.807, 2.05) is 13.0 Å². The van der Waals surface area contributed by atoms with E-state index in [0.717, 1.165) is 42.0 Å².